The number of nitrogen functional groups attached to an aromatic ring is 1. The molecule has 4 rings (SSSR count). The number of aromatic amines is 1. The van der Waals surface area contributed by atoms with Crippen molar-refractivity contribution in [1.29, 1.82) is 0 Å². The molecule has 210 valence electrons. The quantitative estimate of drug-likeness (QED) is 0.110. The van der Waals surface area contributed by atoms with Gasteiger partial charge in [0.25, 0.3) is 11.5 Å². The molecule has 3 heterocycles. The number of carbonyl (C=O) groups is 2. The summed E-state index contributed by atoms with van der Waals surface area (Å²) in [6, 6.07) is 6.59. The van der Waals surface area contributed by atoms with Gasteiger partial charge in [-0.1, -0.05) is 29.0 Å². The first-order valence-corrected chi connectivity index (χ1v) is 15.6. The smallest absolute Gasteiger partial charge is 0.397 e. The molecule has 0 aliphatic carbocycles. The molecule has 1 fully saturated rings. The molecule has 2 aromatic heterocycles. The van der Waals surface area contributed by atoms with Crippen molar-refractivity contribution in [2.75, 3.05) is 18.1 Å². The van der Waals surface area contributed by atoms with Crippen LogP contribution in [-0.2, 0) is 18.6 Å². The second-order valence-electron chi connectivity index (χ2n) is 8.18. The molecule has 1 amide bonds. The number of imidazole rings is 1. The number of benzene rings is 1. The Labute approximate surface area is 226 Å². The summed E-state index contributed by atoms with van der Waals surface area (Å²) < 4.78 is 24.3. The minimum absolute atomic E-state index is 0.0128. The summed E-state index contributed by atoms with van der Waals surface area (Å²) in [5.41, 5.74) is 5.10. The van der Waals surface area contributed by atoms with E-state index in [4.69, 9.17) is 15.0 Å². The van der Waals surface area contributed by atoms with Crippen LogP contribution >= 0.6 is 28.0 Å². The van der Waals surface area contributed by atoms with Crippen molar-refractivity contribution >= 4 is 57.0 Å². The number of carboxylic acid groups (broad SMARTS) is 1. The van der Waals surface area contributed by atoms with Crippen LogP contribution in [0.2, 0.25) is 0 Å². The van der Waals surface area contributed by atoms with Crippen molar-refractivity contribution in [3.05, 3.63) is 52.6 Å². The monoisotopic (exact) mass is 602 g/mol. The van der Waals surface area contributed by atoms with Crippen LogP contribution in [0.3, 0.4) is 0 Å². The molecule has 1 aromatic carbocycles. The minimum atomic E-state index is -4.39. The van der Waals surface area contributed by atoms with Gasteiger partial charge in [-0.15, -0.1) is 0 Å². The van der Waals surface area contributed by atoms with Gasteiger partial charge in [0.1, 0.15) is 24.4 Å². The molecule has 19 heteroatoms. The van der Waals surface area contributed by atoms with E-state index in [0.717, 1.165) is 6.33 Å². The number of aliphatic carboxylic acids is 1. The van der Waals surface area contributed by atoms with Crippen molar-refractivity contribution in [3.63, 3.8) is 0 Å². The highest BCUT2D eigenvalue weighted by molar-refractivity contribution is 8.98. The summed E-state index contributed by atoms with van der Waals surface area (Å²) in [5.74, 6) is -2.43. The topological polar surface area (TPSA) is 252 Å². The number of ether oxygens (including phenoxy) is 1. The van der Waals surface area contributed by atoms with Crippen LogP contribution in [-0.4, -0.2) is 88.3 Å². The molecule has 6 atom stereocenters. The number of rotatable bonds is 11. The Hall–Kier alpha value is -2.96. The number of amides is 1. The summed E-state index contributed by atoms with van der Waals surface area (Å²) in [6.45, 7) is -5.01. The number of fused-ring (bicyclic) bond motifs is 1. The zero-order valence-corrected chi connectivity index (χ0v) is 22.2. The molecule has 1 unspecified atom stereocenters. The maximum atomic E-state index is 12.5. The van der Waals surface area contributed by atoms with Gasteiger partial charge < -0.3 is 36.0 Å². The number of anilines is 1. The lowest BCUT2D eigenvalue weighted by Crippen LogP contribution is -2.42. The van der Waals surface area contributed by atoms with E-state index < -0.39 is 61.4 Å². The van der Waals surface area contributed by atoms with E-state index in [2.05, 4.69) is 20.3 Å². The number of carboxylic acids is 1. The molecule has 1 saturated heterocycles. The van der Waals surface area contributed by atoms with Crippen LogP contribution in [0, 0.1) is 0 Å². The van der Waals surface area contributed by atoms with E-state index in [0.29, 0.717) is 21.2 Å². The number of aliphatic hydroxyl groups excluding tert-OH is 2. The van der Waals surface area contributed by atoms with Gasteiger partial charge in [0.15, 0.2) is 17.4 Å². The molecule has 0 bridgehead atoms. The Morgan fingerprint density at radius 1 is 1.28 bits per heavy atom. The van der Waals surface area contributed by atoms with Crippen molar-refractivity contribution in [2.24, 2.45) is 0 Å². The zero-order valence-electron chi connectivity index (χ0n) is 19.7. The molecule has 16 nitrogen and oxygen atoms in total. The molecule has 1 aliphatic heterocycles. The third-order valence-electron chi connectivity index (χ3n) is 5.48. The molecule has 39 heavy (non-hydrogen) atoms. The first-order chi connectivity index (χ1) is 18.5. The third-order valence-corrected chi connectivity index (χ3v) is 11.0. The molecule has 3 aromatic rings. The van der Waals surface area contributed by atoms with Crippen LogP contribution in [0.1, 0.15) is 16.6 Å². The predicted molar refractivity (Wildman–Crippen MR) is 140 cm³/mol. The number of hydrogen-bond donors (Lipinski definition) is 7. The lowest BCUT2D eigenvalue weighted by atomic mass is 10.1. The van der Waals surface area contributed by atoms with E-state index in [-0.39, 0.29) is 28.4 Å². The second kappa shape index (κ2) is 12.1. The van der Waals surface area contributed by atoms with E-state index in [1.54, 1.807) is 18.2 Å². The zero-order chi connectivity index (χ0) is 28.3. The number of nitrogens with one attached hydrogen (secondary N) is 2. The average molecular weight is 603 g/mol. The maximum absolute atomic E-state index is 12.5. The highest BCUT2D eigenvalue weighted by atomic mass is 33.3. The Morgan fingerprint density at radius 3 is 2.69 bits per heavy atom. The standard InChI is InChI=1S/C20H23N6O10PS2/c21-20-24-15-12(17(30)25-20)22-8-26(15)18-14(28)13(27)11(36-18)6-35-37(33,34)39-38-7-10(19(31)32)23-16(29)9-4-2-1-3-5-9/h1-5,8,10-11,13-14,18,27-28H,6-7H2,(H,23,29)(H,31,32)(H,33,34)(H3,21,24,25,30)/t10-,11+,13+,14+,18+/m0/s1. The van der Waals surface area contributed by atoms with Gasteiger partial charge in [0.2, 0.25) is 5.95 Å². The van der Waals surface area contributed by atoms with Gasteiger partial charge in [-0.2, -0.15) is 4.98 Å². The van der Waals surface area contributed by atoms with Crippen molar-refractivity contribution in [3.8, 4) is 0 Å². The number of H-pyrrole nitrogens is 1. The normalized spacial score (nSPS) is 23.4. The molecular weight excluding hydrogens is 579 g/mol. The summed E-state index contributed by atoms with van der Waals surface area (Å²) in [7, 11) is 1.04. The predicted octanol–water partition coefficient (Wildman–Crippen LogP) is -0.297. The Balaban J connectivity index is 1.32. The van der Waals surface area contributed by atoms with Gasteiger partial charge in [-0.25, -0.2) is 14.3 Å². The van der Waals surface area contributed by atoms with E-state index in [9.17, 15) is 39.2 Å². The van der Waals surface area contributed by atoms with Crippen molar-refractivity contribution in [2.45, 2.75) is 30.6 Å². The fourth-order valence-electron chi connectivity index (χ4n) is 3.59. The first-order valence-electron chi connectivity index (χ1n) is 11.1. The molecule has 8 N–H and O–H groups in total. The van der Waals surface area contributed by atoms with Gasteiger partial charge >= 0.3 is 12.8 Å². The van der Waals surface area contributed by atoms with Gasteiger partial charge in [-0.05, 0) is 12.1 Å². The summed E-state index contributed by atoms with van der Waals surface area (Å²) in [5, 5.41) is 32.6. The third kappa shape index (κ3) is 6.79. The van der Waals surface area contributed by atoms with E-state index in [1.807, 2.05) is 0 Å². The fraction of sp³-hybridized carbons (Fsp3) is 0.350. The largest absolute Gasteiger partial charge is 0.480 e. The van der Waals surface area contributed by atoms with Crippen molar-refractivity contribution < 1.29 is 43.6 Å². The number of nitrogens with two attached hydrogens (primary N) is 1. The molecule has 1 aliphatic rings. The second-order valence-corrected chi connectivity index (χ2v) is 14.0. The number of aliphatic hydroxyl groups is 2. The Bertz CT molecular complexity index is 1460. The number of aromatic nitrogens is 4. The highest BCUT2D eigenvalue weighted by Gasteiger charge is 2.45. The van der Waals surface area contributed by atoms with Gasteiger partial charge in [0.05, 0.1) is 12.9 Å². The van der Waals surface area contributed by atoms with E-state index in [1.165, 1.54) is 16.7 Å². The maximum Gasteiger partial charge on any atom is 0.397 e. The van der Waals surface area contributed by atoms with Crippen molar-refractivity contribution in [1.82, 2.24) is 24.8 Å². The van der Waals surface area contributed by atoms with Gasteiger partial charge in [-0.3, -0.25) is 23.7 Å². The SMILES string of the molecule is Nc1nc2c(ncn2[C@@H]2O[C@H](COP(=O)(O)SSC[C@H](NC(=O)c3ccccc3)C(=O)O)[C@@H](O)[C@H]2O)c(=O)[nH]1. The molecule has 0 spiro atoms. The highest BCUT2D eigenvalue weighted by Crippen LogP contribution is 2.61. The number of carbonyl (C=O) groups excluding carboxylic acids is 1. The lowest BCUT2D eigenvalue weighted by molar-refractivity contribution is -0.138. The van der Waals surface area contributed by atoms with Crippen LogP contribution < -0.4 is 16.6 Å². The molecule has 0 radical (unpaired) electrons. The fourth-order valence-corrected chi connectivity index (χ4v) is 7.96. The Morgan fingerprint density at radius 2 is 2.00 bits per heavy atom. The summed E-state index contributed by atoms with van der Waals surface area (Å²) >= 11 is 0. The minimum Gasteiger partial charge on any atom is -0.480 e. The van der Waals surface area contributed by atoms with E-state index >= 15 is 0 Å². The number of nitrogens with zero attached hydrogens (tertiary/aromatic N) is 3. The summed E-state index contributed by atoms with van der Waals surface area (Å²) in [6.07, 6.45) is -4.45. The number of hydrogen-bond acceptors (Lipinski definition) is 13. The average Bonchev–Trinajstić information content (AvgIpc) is 3.43. The van der Waals surface area contributed by atoms with Crippen LogP contribution in [0.4, 0.5) is 5.95 Å². The Kier molecular flexibility index (Phi) is 8.97. The van der Waals surface area contributed by atoms with Gasteiger partial charge in [0, 0.05) is 21.7 Å². The van der Waals surface area contributed by atoms with Crippen LogP contribution in [0.25, 0.3) is 11.2 Å². The lowest BCUT2D eigenvalue weighted by Gasteiger charge is -2.18. The summed E-state index contributed by atoms with van der Waals surface area (Å²) in [4.78, 5) is 56.1. The molecular formula is C20H23N6O10PS2. The van der Waals surface area contributed by atoms with Crippen LogP contribution in [0.5, 0.6) is 0 Å². The first kappa shape index (κ1) is 29.0. The molecule has 0 saturated carbocycles. The van der Waals surface area contributed by atoms with Crippen LogP contribution in [0.15, 0.2) is 41.5 Å².